The average molecular weight is 283 g/mol. The molecule has 0 fully saturated rings. The normalized spacial score (nSPS) is 10.1. The number of halogens is 2. The maximum Gasteiger partial charge on any atom is 0.338 e. The number of hydrogen-bond acceptors (Lipinski definition) is 4. The van der Waals surface area contributed by atoms with Crippen LogP contribution in [0.5, 0.6) is 0 Å². The highest BCUT2D eigenvalue weighted by Gasteiger charge is 2.10. The Bertz CT molecular complexity index is 541. The van der Waals surface area contributed by atoms with E-state index in [2.05, 4.69) is 9.97 Å². The van der Waals surface area contributed by atoms with E-state index < -0.39 is 5.97 Å². The van der Waals surface area contributed by atoms with Crippen LogP contribution in [0.3, 0.4) is 0 Å². The van der Waals surface area contributed by atoms with Crippen molar-refractivity contribution in [1.29, 1.82) is 0 Å². The molecular weight excluding hydrogens is 275 g/mol. The van der Waals surface area contributed by atoms with Gasteiger partial charge in [0.25, 0.3) is 0 Å². The van der Waals surface area contributed by atoms with Gasteiger partial charge in [-0.15, -0.1) is 0 Å². The first kappa shape index (κ1) is 12.8. The van der Waals surface area contributed by atoms with Crippen molar-refractivity contribution in [2.75, 3.05) is 0 Å². The number of esters is 1. The topological polar surface area (TPSA) is 52.1 Å². The number of hydrogen-bond donors (Lipinski definition) is 0. The molecule has 2 heterocycles. The van der Waals surface area contributed by atoms with Crippen LogP contribution in [-0.2, 0) is 11.3 Å². The van der Waals surface area contributed by atoms with Gasteiger partial charge < -0.3 is 4.74 Å². The Morgan fingerprint density at radius 2 is 2.00 bits per heavy atom. The quantitative estimate of drug-likeness (QED) is 0.641. The van der Waals surface area contributed by atoms with Crippen molar-refractivity contribution in [1.82, 2.24) is 9.97 Å². The number of rotatable bonds is 3. The van der Waals surface area contributed by atoms with Crippen LogP contribution >= 0.6 is 23.2 Å². The maximum absolute atomic E-state index is 11.7. The number of aromatic nitrogens is 2. The monoisotopic (exact) mass is 282 g/mol. The van der Waals surface area contributed by atoms with Crippen molar-refractivity contribution in [3.63, 3.8) is 0 Å². The highest BCUT2D eigenvalue weighted by atomic mass is 35.5. The lowest BCUT2D eigenvalue weighted by molar-refractivity contribution is 0.0472. The van der Waals surface area contributed by atoms with Gasteiger partial charge in [0.1, 0.15) is 16.9 Å². The lowest BCUT2D eigenvalue weighted by Crippen LogP contribution is -2.05. The van der Waals surface area contributed by atoms with Crippen LogP contribution in [0.4, 0.5) is 0 Å². The third-order valence-corrected chi connectivity index (χ3v) is 2.48. The second-order valence-corrected chi connectivity index (χ2v) is 4.21. The molecule has 0 N–H and O–H groups in total. The molecule has 4 nitrogen and oxygen atoms in total. The molecule has 6 heteroatoms. The van der Waals surface area contributed by atoms with E-state index in [9.17, 15) is 4.79 Å². The largest absolute Gasteiger partial charge is 0.457 e. The number of carbonyl (C=O) groups is 1. The van der Waals surface area contributed by atoms with E-state index in [1.807, 2.05) is 6.07 Å². The minimum atomic E-state index is -0.509. The first-order valence-corrected chi connectivity index (χ1v) is 5.80. The van der Waals surface area contributed by atoms with E-state index in [-0.39, 0.29) is 22.5 Å². The third-order valence-electron chi connectivity index (χ3n) is 2.09. The summed E-state index contributed by atoms with van der Waals surface area (Å²) in [4.78, 5) is 19.4. The molecule has 0 amide bonds. The minimum Gasteiger partial charge on any atom is -0.457 e. The summed E-state index contributed by atoms with van der Waals surface area (Å²) in [6.07, 6.45) is 3.27. The van der Waals surface area contributed by atoms with E-state index in [0.717, 1.165) is 5.56 Å². The summed E-state index contributed by atoms with van der Waals surface area (Å²) in [5.74, 6) is -0.509. The Kier molecular flexibility index (Phi) is 4.12. The summed E-state index contributed by atoms with van der Waals surface area (Å²) in [6.45, 7) is 0.143. The van der Waals surface area contributed by atoms with Gasteiger partial charge in [-0.1, -0.05) is 29.3 Å². The number of carbonyl (C=O) groups excluding carboxylic acids is 1. The van der Waals surface area contributed by atoms with Crippen molar-refractivity contribution in [2.45, 2.75) is 6.61 Å². The van der Waals surface area contributed by atoms with E-state index in [1.54, 1.807) is 18.5 Å². The fourth-order valence-corrected chi connectivity index (χ4v) is 1.76. The zero-order chi connectivity index (χ0) is 13.0. The molecule has 2 aromatic heterocycles. The molecule has 0 radical (unpaired) electrons. The highest BCUT2D eigenvalue weighted by molar-refractivity contribution is 6.32. The Morgan fingerprint density at radius 1 is 1.28 bits per heavy atom. The maximum atomic E-state index is 11.7. The fraction of sp³-hybridized carbons (Fsp3) is 0.0833. The molecule has 0 aromatic carbocycles. The van der Waals surface area contributed by atoms with Crippen LogP contribution in [0.2, 0.25) is 10.3 Å². The van der Waals surface area contributed by atoms with Crippen molar-refractivity contribution in [3.8, 4) is 0 Å². The Morgan fingerprint density at radius 3 is 2.61 bits per heavy atom. The van der Waals surface area contributed by atoms with Gasteiger partial charge in [0.15, 0.2) is 0 Å². The Hall–Kier alpha value is -1.65. The zero-order valence-corrected chi connectivity index (χ0v) is 10.6. The van der Waals surface area contributed by atoms with Gasteiger partial charge in [-0.25, -0.2) is 9.78 Å². The number of pyridine rings is 2. The second kappa shape index (κ2) is 5.80. The molecule has 0 unspecified atom stereocenters. The van der Waals surface area contributed by atoms with Crippen LogP contribution in [-0.4, -0.2) is 15.9 Å². The van der Waals surface area contributed by atoms with Gasteiger partial charge in [0.2, 0.25) is 0 Å². The summed E-state index contributed by atoms with van der Waals surface area (Å²) in [5.41, 5.74) is 1.07. The first-order valence-electron chi connectivity index (χ1n) is 5.04. The van der Waals surface area contributed by atoms with E-state index in [4.69, 9.17) is 27.9 Å². The SMILES string of the molecule is O=C(OCc1cccnc1)c1cc(Cl)nc(Cl)c1. The van der Waals surface area contributed by atoms with Gasteiger partial charge in [0, 0.05) is 18.0 Å². The average Bonchev–Trinajstić information content (AvgIpc) is 2.36. The van der Waals surface area contributed by atoms with Crippen molar-refractivity contribution in [3.05, 3.63) is 58.1 Å². The molecule has 0 saturated heterocycles. The fourth-order valence-electron chi connectivity index (χ4n) is 1.30. The van der Waals surface area contributed by atoms with Crippen LogP contribution in [0.1, 0.15) is 15.9 Å². The molecule has 0 bridgehead atoms. The molecule has 18 heavy (non-hydrogen) atoms. The van der Waals surface area contributed by atoms with Gasteiger partial charge in [-0.05, 0) is 18.2 Å². The molecule has 0 aliphatic carbocycles. The molecule has 0 saturated carbocycles. The summed E-state index contributed by atoms with van der Waals surface area (Å²) >= 11 is 11.4. The smallest absolute Gasteiger partial charge is 0.338 e. The van der Waals surface area contributed by atoms with Crippen molar-refractivity contribution < 1.29 is 9.53 Å². The van der Waals surface area contributed by atoms with Crippen molar-refractivity contribution >= 4 is 29.2 Å². The van der Waals surface area contributed by atoms with Crippen molar-refractivity contribution in [2.24, 2.45) is 0 Å². The molecule has 2 aromatic rings. The van der Waals surface area contributed by atoms with Crippen LogP contribution in [0.25, 0.3) is 0 Å². The lowest BCUT2D eigenvalue weighted by atomic mass is 10.2. The summed E-state index contributed by atoms with van der Waals surface area (Å²) in [5, 5.41) is 0.298. The van der Waals surface area contributed by atoms with Gasteiger partial charge >= 0.3 is 5.97 Å². The van der Waals surface area contributed by atoms with E-state index in [1.165, 1.54) is 12.1 Å². The summed E-state index contributed by atoms with van der Waals surface area (Å²) in [7, 11) is 0. The Labute approximate surface area is 114 Å². The molecule has 2 rings (SSSR count). The minimum absolute atomic E-state index is 0.143. The highest BCUT2D eigenvalue weighted by Crippen LogP contribution is 2.15. The molecule has 0 atom stereocenters. The first-order chi connectivity index (χ1) is 8.65. The molecule has 92 valence electrons. The van der Waals surface area contributed by atoms with Gasteiger partial charge in [-0.2, -0.15) is 0 Å². The standard InChI is InChI=1S/C12H8Cl2N2O2/c13-10-4-9(5-11(14)16-10)12(17)18-7-8-2-1-3-15-6-8/h1-6H,7H2. The van der Waals surface area contributed by atoms with E-state index >= 15 is 0 Å². The van der Waals surface area contributed by atoms with Gasteiger partial charge in [-0.3, -0.25) is 4.98 Å². The summed E-state index contributed by atoms with van der Waals surface area (Å²) in [6, 6.07) is 6.38. The predicted octanol–water partition coefficient (Wildman–Crippen LogP) is 3.14. The number of nitrogens with zero attached hydrogens (tertiary/aromatic N) is 2. The van der Waals surface area contributed by atoms with Crippen LogP contribution < -0.4 is 0 Å². The molecule has 0 spiro atoms. The molecule has 0 aliphatic rings. The second-order valence-electron chi connectivity index (χ2n) is 3.44. The predicted molar refractivity (Wildman–Crippen MR) is 67.6 cm³/mol. The lowest BCUT2D eigenvalue weighted by Gasteiger charge is -2.05. The van der Waals surface area contributed by atoms with Crippen LogP contribution in [0, 0.1) is 0 Å². The van der Waals surface area contributed by atoms with E-state index in [0.29, 0.717) is 0 Å². The van der Waals surface area contributed by atoms with Gasteiger partial charge in [0.05, 0.1) is 5.56 Å². The molecular formula is C12H8Cl2N2O2. The molecule has 0 aliphatic heterocycles. The Balaban J connectivity index is 2.04. The number of ether oxygens (including phenoxy) is 1. The third kappa shape index (κ3) is 3.42. The van der Waals surface area contributed by atoms with Crippen LogP contribution in [0.15, 0.2) is 36.7 Å². The summed E-state index contributed by atoms with van der Waals surface area (Å²) < 4.78 is 5.10. The zero-order valence-electron chi connectivity index (χ0n) is 9.14.